The van der Waals surface area contributed by atoms with E-state index in [1.165, 1.54) is 11.1 Å². The Labute approximate surface area is 101 Å². The van der Waals surface area contributed by atoms with Crippen molar-refractivity contribution in [2.45, 2.75) is 26.3 Å². The molecule has 2 rings (SSSR count). The maximum atomic E-state index is 4.17. The molecule has 1 atom stereocenters. The van der Waals surface area contributed by atoms with Crippen molar-refractivity contribution in [3.63, 3.8) is 0 Å². The Kier molecular flexibility index (Phi) is 3.88. The summed E-state index contributed by atoms with van der Waals surface area (Å²) in [7, 11) is 0. The van der Waals surface area contributed by atoms with Gasteiger partial charge in [0, 0.05) is 0 Å². The second-order valence-electron chi connectivity index (χ2n) is 4.19. The molecule has 0 aliphatic rings. The molecule has 2 aromatic rings. The van der Waals surface area contributed by atoms with Crippen LogP contribution in [0.4, 0.5) is 0 Å². The number of aromatic nitrogens is 3. The number of nitrogens with zero attached hydrogens (tertiary/aromatic N) is 2. The molecule has 0 saturated heterocycles. The second-order valence-corrected chi connectivity index (χ2v) is 4.19. The predicted octanol–water partition coefficient (Wildman–Crippen LogP) is 2.20. The SMILES string of the molecule is CCCNC(c1ccc(C)cc1)c1cn[nH]n1. The van der Waals surface area contributed by atoms with Crippen molar-refractivity contribution in [3.05, 3.63) is 47.3 Å². The van der Waals surface area contributed by atoms with E-state index < -0.39 is 0 Å². The van der Waals surface area contributed by atoms with Crippen LogP contribution in [0.25, 0.3) is 0 Å². The van der Waals surface area contributed by atoms with Crippen LogP contribution >= 0.6 is 0 Å². The molecular weight excluding hydrogens is 212 g/mol. The zero-order chi connectivity index (χ0) is 12.1. The van der Waals surface area contributed by atoms with E-state index in [2.05, 4.69) is 58.8 Å². The number of hydrogen-bond acceptors (Lipinski definition) is 3. The van der Waals surface area contributed by atoms with E-state index in [4.69, 9.17) is 0 Å². The van der Waals surface area contributed by atoms with E-state index in [1.54, 1.807) is 6.20 Å². The monoisotopic (exact) mass is 230 g/mol. The molecule has 4 nitrogen and oxygen atoms in total. The van der Waals surface area contributed by atoms with Crippen molar-refractivity contribution in [1.29, 1.82) is 0 Å². The molecular formula is C13H18N4. The maximum Gasteiger partial charge on any atom is 0.104 e. The molecule has 0 aliphatic heterocycles. The lowest BCUT2D eigenvalue weighted by atomic mass is 10.0. The standard InChI is InChI=1S/C13H18N4/c1-3-8-14-13(12-9-15-17-16-12)11-6-4-10(2)5-7-11/h4-7,9,13-14H,3,8H2,1-2H3,(H,15,16,17). The molecule has 1 aromatic carbocycles. The molecule has 2 N–H and O–H groups in total. The molecule has 1 heterocycles. The number of H-pyrrole nitrogens is 1. The topological polar surface area (TPSA) is 53.6 Å². The van der Waals surface area contributed by atoms with Crippen LogP contribution in [-0.2, 0) is 0 Å². The van der Waals surface area contributed by atoms with Gasteiger partial charge in [0.15, 0.2) is 0 Å². The van der Waals surface area contributed by atoms with Gasteiger partial charge in [-0.3, -0.25) is 0 Å². The first-order valence-electron chi connectivity index (χ1n) is 5.97. The van der Waals surface area contributed by atoms with Gasteiger partial charge in [-0.05, 0) is 25.5 Å². The van der Waals surface area contributed by atoms with Crippen LogP contribution in [0.15, 0.2) is 30.5 Å². The van der Waals surface area contributed by atoms with E-state index >= 15 is 0 Å². The minimum Gasteiger partial charge on any atom is -0.305 e. The van der Waals surface area contributed by atoms with Crippen LogP contribution in [0.1, 0.15) is 36.2 Å². The van der Waals surface area contributed by atoms with Gasteiger partial charge in [-0.15, -0.1) is 0 Å². The van der Waals surface area contributed by atoms with Crippen LogP contribution in [0.3, 0.4) is 0 Å². The Hall–Kier alpha value is -1.68. The van der Waals surface area contributed by atoms with Crippen molar-refractivity contribution < 1.29 is 0 Å². The molecule has 0 spiro atoms. The number of rotatable bonds is 5. The number of aromatic amines is 1. The van der Waals surface area contributed by atoms with Crippen LogP contribution in [0, 0.1) is 6.92 Å². The van der Waals surface area contributed by atoms with E-state index in [0.29, 0.717) is 0 Å². The third kappa shape index (κ3) is 2.91. The van der Waals surface area contributed by atoms with E-state index in [9.17, 15) is 0 Å². The van der Waals surface area contributed by atoms with Crippen LogP contribution < -0.4 is 5.32 Å². The quantitative estimate of drug-likeness (QED) is 0.828. The van der Waals surface area contributed by atoms with E-state index in [-0.39, 0.29) is 6.04 Å². The fourth-order valence-corrected chi connectivity index (χ4v) is 1.79. The highest BCUT2D eigenvalue weighted by Gasteiger charge is 2.15. The number of nitrogens with one attached hydrogen (secondary N) is 2. The van der Waals surface area contributed by atoms with Gasteiger partial charge in [0.2, 0.25) is 0 Å². The fraction of sp³-hybridized carbons (Fsp3) is 0.385. The highest BCUT2D eigenvalue weighted by atomic mass is 15.3. The Bertz CT molecular complexity index is 433. The normalized spacial score (nSPS) is 12.6. The zero-order valence-electron chi connectivity index (χ0n) is 10.3. The molecule has 0 saturated carbocycles. The van der Waals surface area contributed by atoms with Crippen LogP contribution in [0.2, 0.25) is 0 Å². The number of benzene rings is 1. The Morgan fingerprint density at radius 3 is 2.65 bits per heavy atom. The smallest absolute Gasteiger partial charge is 0.104 e. The molecule has 1 unspecified atom stereocenters. The summed E-state index contributed by atoms with van der Waals surface area (Å²) in [5.41, 5.74) is 3.42. The summed E-state index contributed by atoms with van der Waals surface area (Å²) in [5, 5.41) is 14.2. The lowest BCUT2D eigenvalue weighted by molar-refractivity contribution is 0.585. The van der Waals surface area contributed by atoms with Gasteiger partial charge in [-0.25, -0.2) is 0 Å². The number of hydrogen-bond donors (Lipinski definition) is 2. The second kappa shape index (κ2) is 5.59. The van der Waals surface area contributed by atoms with Crippen LogP contribution in [-0.4, -0.2) is 22.0 Å². The lowest BCUT2D eigenvalue weighted by Crippen LogP contribution is -2.23. The van der Waals surface area contributed by atoms with Gasteiger partial charge in [0.05, 0.1) is 12.2 Å². The maximum absolute atomic E-state index is 4.17. The van der Waals surface area contributed by atoms with E-state index in [0.717, 1.165) is 18.7 Å². The summed E-state index contributed by atoms with van der Waals surface area (Å²) < 4.78 is 0. The Morgan fingerprint density at radius 1 is 1.29 bits per heavy atom. The van der Waals surface area contributed by atoms with Crippen molar-refractivity contribution in [2.75, 3.05) is 6.54 Å². The molecule has 0 aliphatic carbocycles. The molecule has 0 bridgehead atoms. The summed E-state index contributed by atoms with van der Waals surface area (Å²) >= 11 is 0. The van der Waals surface area contributed by atoms with Crippen molar-refractivity contribution in [1.82, 2.24) is 20.7 Å². The van der Waals surface area contributed by atoms with Crippen LogP contribution in [0.5, 0.6) is 0 Å². The Morgan fingerprint density at radius 2 is 2.06 bits per heavy atom. The first kappa shape index (κ1) is 11.8. The third-order valence-electron chi connectivity index (χ3n) is 2.74. The minimum atomic E-state index is 0.120. The molecule has 4 heteroatoms. The third-order valence-corrected chi connectivity index (χ3v) is 2.74. The van der Waals surface area contributed by atoms with Gasteiger partial charge in [-0.1, -0.05) is 36.8 Å². The average molecular weight is 230 g/mol. The highest BCUT2D eigenvalue weighted by molar-refractivity contribution is 5.29. The molecule has 1 aromatic heterocycles. The van der Waals surface area contributed by atoms with Crippen molar-refractivity contribution in [2.24, 2.45) is 0 Å². The molecule has 90 valence electrons. The highest BCUT2D eigenvalue weighted by Crippen LogP contribution is 2.19. The molecule has 0 fully saturated rings. The summed E-state index contributed by atoms with van der Waals surface area (Å²) in [5.74, 6) is 0. The number of aryl methyl sites for hydroxylation is 1. The minimum absolute atomic E-state index is 0.120. The summed E-state index contributed by atoms with van der Waals surface area (Å²) in [6.07, 6.45) is 2.87. The largest absolute Gasteiger partial charge is 0.305 e. The summed E-state index contributed by atoms with van der Waals surface area (Å²) in [6.45, 7) is 5.21. The Balaban J connectivity index is 2.23. The first-order valence-corrected chi connectivity index (χ1v) is 5.97. The van der Waals surface area contributed by atoms with Gasteiger partial charge in [-0.2, -0.15) is 15.4 Å². The average Bonchev–Trinajstić information content (AvgIpc) is 2.85. The fourth-order valence-electron chi connectivity index (χ4n) is 1.79. The zero-order valence-corrected chi connectivity index (χ0v) is 10.3. The van der Waals surface area contributed by atoms with Gasteiger partial charge >= 0.3 is 0 Å². The first-order chi connectivity index (χ1) is 8.31. The predicted molar refractivity (Wildman–Crippen MR) is 67.7 cm³/mol. The van der Waals surface area contributed by atoms with Crippen molar-refractivity contribution >= 4 is 0 Å². The molecule has 0 amide bonds. The van der Waals surface area contributed by atoms with E-state index in [1.807, 2.05) is 0 Å². The molecule has 17 heavy (non-hydrogen) atoms. The van der Waals surface area contributed by atoms with Gasteiger partial charge in [0.1, 0.15) is 5.69 Å². The summed E-state index contributed by atoms with van der Waals surface area (Å²) in [6, 6.07) is 8.63. The van der Waals surface area contributed by atoms with Gasteiger partial charge in [0.25, 0.3) is 0 Å². The lowest BCUT2D eigenvalue weighted by Gasteiger charge is -2.16. The van der Waals surface area contributed by atoms with Gasteiger partial charge < -0.3 is 5.32 Å². The molecule has 0 radical (unpaired) electrons. The summed E-state index contributed by atoms with van der Waals surface area (Å²) in [4.78, 5) is 0. The van der Waals surface area contributed by atoms with Crippen molar-refractivity contribution in [3.8, 4) is 0 Å².